The summed E-state index contributed by atoms with van der Waals surface area (Å²) in [5.74, 6) is -4.44. The van der Waals surface area contributed by atoms with Crippen LogP contribution in [-0.4, -0.2) is 192 Å². The van der Waals surface area contributed by atoms with E-state index in [0.29, 0.717) is 63.9 Å². The molecule has 9 amide bonds. The van der Waals surface area contributed by atoms with Gasteiger partial charge in [-0.25, -0.2) is 4.79 Å². The van der Waals surface area contributed by atoms with Gasteiger partial charge in [-0.15, -0.1) is 0 Å². The number of anilines is 1. The number of imide groups is 1. The molecule has 24 heteroatoms. The lowest BCUT2D eigenvalue weighted by Crippen LogP contribution is -2.54. The number of hydrogen-bond acceptors (Lipinski definition) is 16. The lowest BCUT2D eigenvalue weighted by atomic mass is 9.83. The van der Waals surface area contributed by atoms with Crippen LogP contribution in [0.15, 0.2) is 54.6 Å². The molecule has 3 unspecified atom stereocenters. The van der Waals surface area contributed by atoms with Gasteiger partial charge in [0.05, 0.1) is 60.8 Å². The first-order valence-electron chi connectivity index (χ1n) is 35.0. The van der Waals surface area contributed by atoms with E-state index < -0.39 is 60.2 Å². The molecule has 2 aliphatic rings. The van der Waals surface area contributed by atoms with Crippen molar-refractivity contribution >= 4 is 82.2 Å². The molecule has 0 spiro atoms. The van der Waals surface area contributed by atoms with Crippen LogP contribution in [0.4, 0.5) is 10.5 Å². The Kier molecular flexibility index (Phi) is 37.7. The highest BCUT2D eigenvalue weighted by Gasteiger charge is 2.44. The van der Waals surface area contributed by atoms with E-state index in [1.165, 1.54) is 28.5 Å². The Morgan fingerprint density at radius 1 is 0.755 bits per heavy atom. The van der Waals surface area contributed by atoms with E-state index in [-0.39, 0.29) is 145 Å². The number of primary amides is 1. The molecule has 23 nitrogen and oxygen atoms in total. The van der Waals surface area contributed by atoms with Gasteiger partial charge in [-0.2, -0.15) is 11.8 Å². The van der Waals surface area contributed by atoms with Crippen molar-refractivity contribution in [3.63, 3.8) is 0 Å². The first-order chi connectivity index (χ1) is 46.3. The molecule has 2 aromatic carbocycles. The molecule has 550 valence electrons. The first-order valence-corrected chi connectivity index (χ1v) is 36.3. The SMILES string of the molecule is CC[C@H](C)C([C@@H](CC(=O)N1CCC[C@H]1[C@H](OC)[C@@H](C)C(=O)C[C@H](C)[C@@H](O)c1ccccc1)OC)N(C)C(=O)[C@@H](CC(=O)[C@H](C(C)C)N(C)C(C)=O)C(C)C.COCc1ccc(NC(=O)[C@H](CCCNC(N)=O)CC(=O)C(NC(=O)CCCCCN2C(=O)CC(SC)C2=O)C(C)C)cc1. The zero-order valence-corrected chi connectivity index (χ0v) is 62.4. The third kappa shape index (κ3) is 26.2. The van der Waals surface area contributed by atoms with Crippen molar-refractivity contribution in [3.05, 3.63) is 65.7 Å². The topological polar surface area (TPSA) is 311 Å². The summed E-state index contributed by atoms with van der Waals surface area (Å²) in [5.41, 5.74) is 7.44. The largest absolute Gasteiger partial charge is 0.388 e. The van der Waals surface area contributed by atoms with Crippen molar-refractivity contribution in [1.82, 2.24) is 30.2 Å². The Morgan fingerprint density at radius 2 is 1.41 bits per heavy atom. The number of ketones is 3. The standard InChI is InChI=1S/C43H71N3O8.C31H47N5O7S/c1-14-28(6)40(45(11)43(52)33(26(2)3)24-36(49)39(27(4)5)44(10)31(9)47)37(53-12)25-38(50)46-22-18-21-34(46)42(54-13)30(8)35(48)23-29(7)41(51)32-19-16-15-17-20-32;1-20(2)28(35-26(38)10-6-5-7-16-36-27(39)18-25(44-4)30(36)41)24(37)17-22(9-8-15-33-31(32)42)29(40)34-23-13-11-21(12-14-23)19-43-3/h15-17,19-20,26-30,33-34,37,39-42,51H,14,18,21-25H2,1-13H3;11-14,20,22,25,28H,5-10,15-19H2,1-4H3,(H,34,40)(H,35,38)(H3,32,33,42)/t28-,29-,30-,33-,34-,37+,39-,40?,41+,42+;22-,25?,28?/m01/s1. The van der Waals surface area contributed by atoms with Crippen LogP contribution in [0, 0.1) is 47.3 Å². The van der Waals surface area contributed by atoms with E-state index in [1.54, 1.807) is 52.5 Å². The molecule has 4 rings (SSSR count). The summed E-state index contributed by atoms with van der Waals surface area (Å²) in [6.45, 7) is 22.1. The number of methoxy groups -OCH3 is 3. The number of aliphatic hydroxyl groups is 1. The molecule has 2 aliphatic heterocycles. The van der Waals surface area contributed by atoms with Crippen molar-refractivity contribution in [2.45, 2.75) is 220 Å². The second-order valence-electron chi connectivity index (χ2n) is 27.8. The molecular formula is C74H118N8O15S. The minimum absolute atomic E-state index is 0.000124. The van der Waals surface area contributed by atoms with Crippen LogP contribution in [0.25, 0.3) is 0 Å². The van der Waals surface area contributed by atoms with Gasteiger partial charge in [-0.1, -0.05) is 125 Å². The number of ether oxygens (including phenoxy) is 3. The summed E-state index contributed by atoms with van der Waals surface area (Å²) in [5, 5.41) is 18.8. The number of nitrogens with zero attached hydrogens (tertiary/aromatic N) is 4. The van der Waals surface area contributed by atoms with Gasteiger partial charge in [0.2, 0.25) is 41.4 Å². The van der Waals surface area contributed by atoms with Crippen molar-refractivity contribution in [2.24, 2.45) is 53.1 Å². The molecule has 0 radical (unpaired) electrons. The number of urea groups is 1. The number of rotatable bonds is 42. The number of Topliss-reactive ketones (excluding diaryl/α,β-unsaturated/α-hetero) is 3. The van der Waals surface area contributed by atoms with Gasteiger partial charge in [0, 0.05) is 118 Å². The third-order valence-electron chi connectivity index (χ3n) is 19.5. The van der Waals surface area contributed by atoms with Gasteiger partial charge < -0.3 is 55.7 Å². The minimum Gasteiger partial charge on any atom is -0.388 e. The molecule has 2 aromatic rings. The molecule has 13 atom stereocenters. The number of likely N-dealkylation sites (N-methyl/N-ethyl adjacent to an activating group) is 2. The van der Waals surface area contributed by atoms with Crippen molar-refractivity contribution in [3.8, 4) is 0 Å². The summed E-state index contributed by atoms with van der Waals surface area (Å²) >= 11 is 1.38. The minimum atomic E-state index is -0.774. The average molecular weight is 1390 g/mol. The van der Waals surface area contributed by atoms with E-state index in [1.807, 2.05) is 123 Å². The molecule has 0 aliphatic carbocycles. The monoisotopic (exact) mass is 1390 g/mol. The number of nitrogens with two attached hydrogens (primary N) is 1. The fraction of sp³-hybridized carbons (Fsp3) is 0.689. The van der Waals surface area contributed by atoms with Crippen LogP contribution in [0.5, 0.6) is 0 Å². The van der Waals surface area contributed by atoms with Crippen molar-refractivity contribution in [2.75, 3.05) is 66.6 Å². The predicted molar refractivity (Wildman–Crippen MR) is 381 cm³/mol. The van der Waals surface area contributed by atoms with Crippen LogP contribution >= 0.6 is 11.8 Å². The Labute approximate surface area is 587 Å². The molecule has 2 heterocycles. The summed E-state index contributed by atoms with van der Waals surface area (Å²) in [6.07, 6.45) is 5.22. The summed E-state index contributed by atoms with van der Waals surface area (Å²) in [4.78, 5) is 149. The fourth-order valence-electron chi connectivity index (χ4n) is 13.4. The number of unbranched alkanes of at least 4 members (excludes halogenated alkanes) is 2. The number of aliphatic hydroxyl groups excluding tert-OH is 1. The zero-order valence-electron chi connectivity index (χ0n) is 61.6. The van der Waals surface area contributed by atoms with Crippen LogP contribution in [-0.2, 0) is 68.8 Å². The number of carbonyl (C=O) groups excluding carboxylic acids is 11. The highest BCUT2D eigenvalue weighted by molar-refractivity contribution is 8.00. The van der Waals surface area contributed by atoms with Gasteiger partial charge >= 0.3 is 6.03 Å². The molecule has 0 saturated carbocycles. The van der Waals surface area contributed by atoms with E-state index >= 15 is 0 Å². The molecule has 2 saturated heterocycles. The molecule has 2 fully saturated rings. The normalized spacial score (nSPS) is 18.1. The van der Waals surface area contributed by atoms with Crippen LogP contribution < -0.4 is 21.7 Å². The van der Waals surface area contributed by atoms with Gasteiger partial charge in [-0.3, -0.25) is 52.8 Å². The molecule has 0 bridgehead atoms. The lowest BCUT2D eigenvalue weighted by Gasteiger charge is -2.41. The van der Waals surface area contributed by atoms with Crippen LogP contribution in [0.3, 0.4) is 0 Å². The van der Waals surface area contributed by atoms with Gasteiger partial charge in [0.1, 0.15) is 5.78 Å². The second-order valence-corrected chi connectivity index (χ2v) is 28.8. The zero-order chi connectivity index (χ0) is 73.7. The first kappa shape index (κ1) is 85.6. The predicted octanol–water partition coefficient (Wildman–Crippen LogP) is 8.96. The quantitative estimate of drug-likeness (QED) is 0.0306. The van der Waals surface area contributed by atoms with Crippen LogP contribution in [0.2, 0.25) is 0 Å². The molecule has 98 heavy (non-hydrogen) atoms. The number of benzene rings is 2. The maximum Gasteiger partial charge on any atom is 0.312 e. The third-order valence-corrected chi connectivity index (χ3v) is 20.4. The van der Waals surface area contributed by atoms with E-state index in [0.717, 1.165) is 24.0 Å². The summed E-state index contributed by atoms with van der Waals surface area (Å²) in [7, 11) is 8.10. The average Bonchev–Trinajstić information content (AvgIpc) is 1.75. The van der Waals surface area contributed by atoms with Gasteiger partial charge in [0.25, 0.3) is 0 Å². The second kappa shape index (κ2) is 43.1. The lowest BCUT2D eigenvalue weighted by molar-refractivity contribution is -0.149. The van der Waals surface area contributed by atoms with E-state index in [9.17, 15) is 57.8 Å². The van der Waals surface area contributed by atoms with Crippen molar-refractivity contribution in [1.29, 1.82) is 0 Å². The van der Waals surface area contributed by atoms with Crippen molar-refractivity contribution < 1.29 is 72.1 Å². The van der Waals surface area contributed by atoms with E-state index in [2.05, 4.69) is 16.0 Å². The number of hydrogen-bond donors (Lipinski definition) is 5. The Bertz CT molecular complexity index is 2900. The highest BCUT2D eigenvalue weighted by Crippen LogP contribution is 2.34. The fourth-order valence-corrected chi connectivity index (χ4v) is 14.0. The Morgan fingerprint density at radius 3 is 1.95 bits per heavy atom. The Hall–Kier alpha value is -6.60. The van der Waals surface area contributed by atoms with E-state index in [4.69, 9.17) is 19.9 Å². The smallest absolute Gasteiger partial charge is 0.312 e. The van der Waals surface area contributed by atoms with Gasteiger partial charge in [-0.05, 0) is 97.6 Å². The highest BCUT2D eigenvalue weighted by atomic mass is 32.2. The number of likely N-dealkylation sites (tertiary alicyclic amines) is 2. The maximum absolute atomic E-state index is 14.3. The summed E-state index contributed by atoms with van der Waals surface area (Å²) < 4.78 is 17.1. The number of thioether (sulfide) groups is 1. The molecular weight excluding hydrogens is 1270 g/mol. The number of amides is 9. The number of carbonyl (C=O) groups is 11. The Balaban J connectivity index is 0.000000521. The molecule has 6 N–H and O–H groups in total. The maximum atomic E-state index is 14.3. The van der Waals surface area contributed by atoms with Crippen LogP contribution in [0.1, 0.15) is 183 Å². The summed E-state index contributed by atoms with van der Waals surface area (Å²) in [6, 6.07) is 13.7. The number of nitrogens with one attached hydrogen (secondary N) is 3. The molecule has 0 aromatic heterocycles. The van der Waals surface area contributed by atoms with Gasteiger partial charge in [0.15, 0.2) is 11.6 Å².